The zero-order chi connectivity index (χ0) is 32.0. The Kier molecular flexibility index (Phi) is 9.70. The number of carbonyl (C=O) groups is 3. The van der Waals surface area contributed by atoms with Crippen LogP contribution in [0.1, 0.15) is 23.6 Å². The lowest BCUT2D eigenvalue weighted by Gasteiger charge is -2.37. The zero-order valence-corrected chi connectivity index (χ0v) is 24.4. The third-order valence-corrected chi connectivity index (χ3v) is 7.05. The van der Waals surface area contributed by atoms with Crippen molar-refractivity contribution in [2.24, 2.45) is 0 Å². The van der Waals surface area contributed by atoms with E-state index in [2.05, 4.69) is 16.7 Å². The summed E-state index contributed by atoms with van der Waals surface area (Å²) in [5, 5.41) is 14.3. The van der Waals surface area contributed by atoms with E-state index in [1.165, 1.54) is 12.1 Å². The Morgan fingerprint density at radius 1 is 0.977 bits per heavy atom. The van der Waals surface area contributed by atoms with Gasteiger partial charge in [0.15, 0.2) is 0 Å². The molecule has 3 aromatic carbocycles. The van der Waals surface area contributed by atoms with E-state index in [1.807, 2.05) is 31.1 Å². The minimum atomic E-state index is -4.66. The fourth-order valence-corrected chi connectivity index (χ4v) is 4.76. The average molecular weight is 605 g/mol. The maximum Gasteiger partial charge on any atom is 0.416 e. The molecule has 4 rings (SSSR count). The van der Waals surface area contributed by atoms with E-state index in [0.29, 0.717) is 35.5 Å². The van der Waals surface area contributed by atoms with Gasteiger partial charge in [-0.25, -0.2) is 14.5 Å². The van der Waals surface area contributed by atoms with E-state index in [-0.39, 0.29) is 12.2 Å². The summed E-state index contributed by atoms with van der Waals surface area (Å²) in [5.41, 5.74) is 2.40. The Bertz CT molecular complexity index is 1630. The lowest BCUT2D eigenvalue weighted by Crippen LogP contribution is -2.54. The van der Waals surface area contributed by atoms with Crippen LogP contribution in [-0.2, 0) is 11.0 Å². The van der Waals surface area contributed by atoms with Crippen LogP contribution in [0.4, 0.5) is 28.4 Å². The number of likely N-dealkylation sites (N-methyl/N-ethyl adjacent to an activating group) is 1. The lowest BCUT2D eigenvalue weighted by molar-refractivity contribution is -0.137. The highest BCUT2D eigenvalue weighted by molar-refractivity contribution is 6.09. The quantitative estimate of drug-likeness (QED) is 0.363. The number of anilines is 1. The van der Waals surface area contributed by atoms with E-state index < -0.39 is 36.3 Å². The molecule has 3 aromatic rings. The van der Waals surface area contributed by atoms with Crippen molar-refractivity contribution in [1.29, 1.82) is 5.26 Å². The van der Waals surface area contributed by atoms with Gasteiger partial charge >= 0.3 is 18.2 Å². The zero-order valence-electron chi connectivity index (χ0n) is 24.4. The molecule has 0 spiro atoms. The summed E-state index contributed by atoms with van der Waals surface area (Å²) >= 11 is 0. The first-order valence-corrected chi connectivity index (χ1v) is 13.7. The first-order valence-electron chi connectivity index (χ1n) is 13.7. The van der Waals surface area contributed by atoms with Crippen molar-refractivity contribution in [2.75, 3.05) is 45.2 Å². The van der Waals surface area contributed by atoms with Crippen LogP contribution in [0.2, 0.25) is 0 Å². The van der Waals surface area contributed by atoms with Gasteiger partial charge < -0.3 is 15.5 Å². The summed E-state index contributed by atoms with van der Waals surface area (Å²) in [7, 11) is 3.69. The first-order chi connectivity index (χ1) is 20.9. The second kappa shape index (κ2) is 13.4. The molecule has 1 aliphatic heterocycles. The van der Waals surface area contributed by atoms with Crippen molar-refractivity contribution in [3.8, 4) is 17.2 Å². The SMILES string of the molecule is CC1=C(c2ccccc2-c2ccc(C#N)cc2)CN(C(=O)NCC(=O)NCCN(C)C)C(=O)N1c1cccc(C(F)(F)F)c1. The molecule has 9 nitrogen and oxygen atoms in total. The number of benzene rings is 3. The number of hydrogen-bond donors (Lipinski definition) is 2. The van der Waals surface area contributed by atoms with Crippen molar-refractivity contribution in [3.05, 3.63) is 95.2 Å². The molecule has 0 bridgehead atoms. The minimum absolute atomic E-state index is 0.0744. The van der Waals surface area contributed by atoms with Crippen molar-refractivity contribution in [2.45, 2.75) is 13.1 Å². The van der Waals surface area contributed by atoms with Crippen molar-refractivity contribution >= 4 is 29.2 Å². The van der Waals surface area contributed by atoms with E-state index in [0.717, 1.165) is 33.1 Å². The molecular weight excluding hydrogens is 573 g/mol. The van der Waals surface area contributed by atoms with Gasteiger partial charge in [0.25, 0.3) is 0 Å². The predicted octanol–water partition coefficient (Wildman–Crippen LogP) is 5.30. The van der Waals surface area contributed by atoms with Crippen molar-refractivity contribution in [1.82, 2.24) is 20.4 Å². The van der Waals surface area contributed by atoms with Gasteiger partial charge in [0.2, 0.25) is 5.91 Å². The van der Waals surface area contributed by atoms with Crippen molar-refractivity contribution in [3.63, 3.8) is 0 Å². The Morgan fingerprint density at radius 2 is 1.66 bits per heavy atom. The number of nitriles is 1. The molecule has 0 aliphatic carbocycles. The number of imide groups is 1. The third kappa shape index (κ3) is 7.25. The number of urea groups is 2. The van der Waals surface area contributed by atoms with E-state index in [9.17, 15) is 32.8 Å². The van der Waals surface area contributed by atoms with Gasteiger partial charge in [0, 0.05) is 18.8 Å². The summed E-state index contributed by atoms with van der Waals surface area (Å²) < 4.78 is 40.9. The number of hydrogen-bond acceptors (Lipinski definition) is 5. The summed E-state index contributed by atoms with van der Waals surface area (Å²) in [6.07, 6.45) is -4.66. The molecular formula is C32H31F3N6O3. The maximum atomic E-state index is 13.8. The molecule has 12 heteroatoms. The summed E-state index contributed by atoms with van der Waals surface area (Å²) in [5.74, 6) is -0.461. The van der Waals surface area contributed by atoms with Gasteiger partial charge in [0.1, 0.15) is 0 Å². The fraction of sp³-hybridized carbons (Fsp3) is 0.250. The highest BCUT2D eigenvalue weighted by Crippen LogP contribution is 2.38. The van der Waals surface area contributed by atoms with E-state index in [1.54, 1.807) is 43.3 Å². The van der Waals surface area contributed by atoms with E-state index in [4.69, 9.17) is 0 Å². The summed E-state index contributed by atoms with van der Waals surface area (Å²) in [6.45, 7) is 1.94. The molecule has 0 atom stereocenters. The van der Waals surface area contributed by atoms with Crippen LogP contribution in [-0.4, -0.2) is 68.0 Å². The van der Waals surface area contributed by atoms with Gasteiger partial charge in [-0.05, 0) is 73.6 Å². The van der Waals surface area contributed by atoms with Crippen LogP contribution in [0.15, 0.2) is 78.5 Å². The Balaban J connectivity index is 1.75. The average Bonchev–Trinajstić information content (AvgIpc) is 3.00. The molecule has 1 aliphatic rings. The third-order valence-electron chi connectivity index (χ3n) is 7.05. The molecule has 0 unspecified atom stereocenters. The van der Waals surface area contributed by atoms with Gasteiger partial charge in [-0.2, -0.15) is 18.4 Å². The molecule has 2 N–H and O–H groups in total. The Labute approximate surface area is 253 Å². The molecule has 228 valence electrons. The molecule has 0 radical (unpaired) electrons. The summed E-state index contributed by atoms with van der Waals surface area (Å²) in [6, 6.07) is 18.7. The van der Waals surface area contributed by atoms with Crippen LogP contribution < -0.4 is 15.5 Å². The predicted molar refractivity (Wildman–Crippen MR) is 160 cm³/mol. The minimum Gasteiger partial charge on any atom is -0.353 e. The topological polar surface area (TPSA) is 109 Å². The van der Waals surface area contributed by atoms with Crippen LogP contribution in [0.3, 0.4) is 0 Å². The molecule has 1 heterocycles. The number of carbonyl (C=O) groups excluding carboxylic acids is 3. The molecule has 44 heavy (non-hydrogen) atoms. The standard InChI is InChI=1S/C32H31F3N6O3/c1-21-28(27-10-5-4-9-26(27)23-13-11-22(18-36)12-14-23)20-40(30(43)38-19-29(42)37-15-16-39(2)3)31(44)41(21)25-8-6-7-24(17-25)32(33,34)35/h4-14,17H,15-16,19-20H2,1-3H3,(H,37,42)(H,38,43). The highest BCUT2D eigenvalue weighted by atomic mass is 19.4. The number of allylic oxidation sites excluding steroid dienone is 1. The van der Waals surface area contributed by atoms with Gasteiger partial charge in [-0.1, -0.05) is 42.5 Å². The Morgan fingerprint density at radius 3 is 2.30 bits per heavy atom. The molecule has 0 saturated carbocycles. The normalized spacial score (nSPS) is 13.6. The number of alkyl halides is 3. The number of halogens is 3. The number of amides is 5. The fourth-order valence-electron chi connectivity index (χ4n) is 4.76. The smallest absolute Gasteiger partial charge is 0.353 e. The van der Waals surface area contributed by atoms with Gasteiger partial charge in [-0.15, -0.1) is 0 Å². The highest BCUT2D eigenvalue weighted by Gasteiger charge is 2.38. The van der Waals surface area contributed by atoms with Crippen LogP contribution in [0.25, 0.3) is 16.7 Å². The number of rotatable bonds is 8. The van der Waals surface area contributed by atoms with Gasteiger partial charge in [-0.3, -0.25) is 9.69 Å². The first kappa shape index (κ1) is 31.8. The van der Waals surface area contributed by atoms with Crippen LogP contribution in [0.5, 0.6) is 0 Å². The molecule has 5 amide bonds. The largest absolute Gasteiger partial charge is 0.416 e. The number of nitrogens with one attached hydrogen (secondary N) is 2. The van der Waals surface area contributed by atoms with Crippen LogP contribution in [0, 0.1) is 11.3 Å². The van der Waals surface area contributed by atoms with Gasteiger partial charge in [0.05, 0.1) is 36.0 Å². The lowest BCUT2D eigenvalue weighted by atomic mass is 9.91. The number of nitrogens with zero attached hydrogens (tertiary/aromatic N) is 4. The summed E-state index contributed by atoms with van der Waals surface area (Å²) in [4.78, 5) is 43.2. The van der Waals surface area contributed by atoms with Crippen molar-refractivity contribution < 1.29 is 27.6 Å². The second-order valence-electron chi connectivity index (χ2n) is 10.4. The second-order valence-corrected chi connectivity index (χ2v) is 10.4. The molecule has 0 saturated heterocycles. The molecule has 0 fully saturated rings. The van der Waals surface area contributed by atoms with E-state index >= 15 is 0 Å². The monoisotopic (exact) mass is 604 g/mol. The molecule has 0 aromatic heterocycles. The Hall–Kier alpha value is -5.15. The van der Waals surface area contributed by atoms with Crippen LogP contribution >= 0.6 is 0 Å². The maximum absolute atomic E-state index is 13.8.